The molecule has 0 radical (unpaired) electrons. The van der Waals surface area contributed by atoms with Crippen LogP contribution in [0.4, 0.5) is 0 Å². The number of hydrogen-bond acceptors (Lipinski definition) is 3. The van der Waals surface area contributed by atoms with E-state index in [4.69, 9.17) is 5.11 Å². The summed E-state index contributed by atoms with van der Waals surface area (Å²) in [4.78, 5) is 15.1. The van der Waals surface area contributed by atoms with Crippen molar-refractivity contribution >= 4 is 5.97 Å². The van der Waals surface area contributed by atoms with Gasteiger partial charge in [0.25, 0.3) is 0 Å². The van der Waals surface area contributed by atoms with E-state index < -0.39 is 5.97 Å². The molecule has 0 amide bonds. The van der Waals surface area contributed by atoms with Gasteiger partial charge in [-0.3, -0.25) is 9.67 Å². The minimum atomic E-state index is -0.964. The van der Waals surface area contributed by atoms with Crippen LogP contribution in [0.1, 0.15) is 35.6 Å². The lowest BCUT2D eigenvalue weighted by molar-refractivity contribution is 0.0696. The highest BCUT2D eigenvalue weighted by Crippen LogP contribution is 2.28. The summed E-state index contributed by atoms with van der Waals surface area (Å²) in [6.45, 7) is 4.11. The number of hydrogen-bond donors (Lipinski definition) is 1. The first-order valence-corrected chi connectivity index (χ1v) is 6.31. The third-order valence-electron chi connectivity index (χ3n) is 3.18. The number of rotatable bonds is 4. The predicted molar refractivity (Wildman–Crippen MR) is 72.2 cm³/mol. The molecular formula is C14H17N3O2. The second-order valence-corrected chi connectivity index (χ2v) is 4.37. The Balaban J connectivity index is 2.63. The second kappa shape index (κ2) is 5.22. The van der Waals surface area contributed by atoms with Crippen LogP contribution in [0.5, 0.6) is 0 Å². The summed E-state index contributed by atoms with van der Waals surface area (Å²) in [5.74, 6) is -0.964. The maximum atomic E-state index is 11.0. The molecule has 2 heterocycles. The third kappa shape index (κ3) is 2.36. The van der Waals surface area contributed by atoms with Crippen molar-refractivity contribution in [1.82, 2.24) is 14.8 Å². The summed E-state index contributed by atoms with van der Waals surface area (Å²) < 4.78 is 1.86. The molecule has 5 nitrogen and oxygen atoms in total. The Labute approximate surface area is 111 Å². The summed E-state index contributed by atoms with van der Waals surface area (Å²) in [6.07, 6.45) is 4.71. The molecule has 0 aliphatic heterocycles. The molecule has 0 aliphatic rings. The van der Waals surface area contributed by atoms with E-state index in [1.54, 1.807) is 12.3 Å². The average molecular weight is 259 g/mol. The lowest BCUT2D eigenvalue weighted by Crippen LogP contribution is -1.99. The van der Waals surface area contributed by atoms with Gasteiger partial charge >= 0.3 is 5.97 Å². The lowest BCUT2D eigenvalue weighted by atomic mass is 10.0. The molecule has 100 valence electrons. The van der Waals surface area contributed by atoms with Crippen LogP contribution in [0.15, 0.2) is 18.5 Å². The molecule has 1 N–H and O–H groups in total. The van der Waals surface area contributed by atoms with Gasteiger partial charge < -0.3 is 5.11 Å². The molecule has 2 aromatic rings. The third-order valence-corrected chi connectivity index (χ3v) is 3.18. The monoisotopic (exact) mass is 259 g/mol. The van der Waals surface area contributed by atoms with Gasteiger partial charge in [0.15, 0.2) is 0 Å². The van der Waals surface area contributed by atoms with Crippen LogP contribution in [-0.2, 0) is 19.9 Å². The molecule has 19 heavy (non-hydrogen) atoms. The standard InChI is InChI=1S/C14H17N3O2/c1-4-11-13(12(5-2)17(3)16-11)9-6-10(14(18)19)8-15-7-9/h6-8H,4-5H2,1-3H3,(H,18,19). The van der Waals surface area contributed by atoms with Gasteiger partial charge in [0.1, 0.15) is 0 Å². The number of carboxylic acids is 1. The van der Waals surface area contributed by atoms with Crippen molar-refractivity contribution in [3.05, 3.63) is 35.4 Å². The zero-order valence-electron chi connectivity index (χ0n) is 11.3. The van der Waals surface area contributed by atoms with E-state index in [-0.39, 0.29) is 5.56 Å². The van der Waals surface area contributed by atoms with Crippen LogP contribution in [0.2, 0.25) is 0 Å². The Morgan fingerprint density at radius 3 is 2.63 bits per heavy atom. The Kier molecular flexibility index (Phi) is 3.64. The second-order valence-electron chi connectivity index (χ2n) is 4.37. The molecule has 2 rings (SSSR count). The van der Waals surface area contributed by atoms with E-state index in [9.17, 15) is 4.79 Å². The predicted octanol–water partition coefficient (Wildman–Crippen LogP) is 2.31. The van der Waals surface area contributed by atoms with Gasteiger partial charge in [-0.1, -0.05) is 13.8 Å². The van der Waals surface area contributed by atoms with E-state index in [1.165, 1.54) is 6.20 Å². The van der Waals surface area contributed by atoms with Gasteiger partial charge in [-0.05, 0) is 18.9 Å². The summed E-state index contributed by atoms with van der Waals surface area (Å²) in [5.41, 5.74) is 4.11. The number of carbonyl (C=O) groups is 1. The van der Waals surface area contributed by atoms with Crippen LogP contribution in [0.25, 0.3) is 11.1 Å². The van der Waals surface area contributed by atoms with Crippen LogP contribution in [0, 0.1) is 0 Å². The first kappa shape index (κ1) is 13.3. The molecule has 5 heteroatoms. The van der Waals surface area contributed by atoms with E-state index in [2.05, 4.69) is 17.0 Å². The van der Waals surface area contributed by atoms with Crippen LogP contribution in [0.3, 0.4) is 0 Å². The molecule has 2 aromatic heterocycles. The number of aryl methyl sites for hydroxylation is 2. The van der Waals surface area contributed by atoms with Crippen molar-refractivity contribution in [3.63, 3.8) is 0 Å². The van der Waals surface area contributed by atoms with Crippen molar-refractivity contribution in [1.29, 1.82) is 0 Å². The molecule has 0 aromatic carbocycles. The van der Waals surface area contributed by atoms with Crippen LogP contribution >= 0.6 is 0 Å². The Hall–Kier alpha value is -2.17. The fourth-order valence-corrected chi connectivity index (χ4v) is 2.30. The molecule has 0 saturated carbocycles. The van der Waals surface area contributed by atoms with Crippen molar-refractivity contribution in [2.75, 3.05) is 0 Å². The molecule has 0 aliphatic carbocycles. The Morgan fingerprint density at radius 1 is 1.32 bits per heavy atom. The van der Waals surface area contributed by atoms with Gasteiger partial charge in [-0.25, -0.2) is 4.79 Å². The summed E-state index contributed by atoms with van der Waals surface area (Å²) in [6, 6.07) is 1.66. The van der Waals surface area contributed by atoms with Crippen molar-refractivity contribution in [3.8, 4) is 11.1 Å². The molecule has 0 unspecified atom stereocenters. The van der Waals surface area contributed by atoms with Crippen LogP contribution < -0.4 is 0 Å². The minimum Gasteiger partial charge on any atom is -0.478 e. The van der Waals surface area contributed by atoms with Gasteiger partial charge in [0.2, 0.25) is 0 Å². The van der Waals surface area contributed by atoms with E-state index in [0.29, 0.717) is 0 Å². The molecule has 0 fully saturated rings. The average Bonchev–Trinajstić information content (AvgIpc) is 2.74. The Morgan fingerprint density at radius 2 is 2.05 bits per heavy atom. The number of nitrogens with zero attached hydrogens (tertiary/aromatic N) is 3. The smallest absolute Gasteiger partial charge is 0.337 e. The van der Waals surface area contributed by atoms with Crippen LogP contribution in [-0.4, -0.2) is 25.8 Å². The van der Waals surface area contributed by atoms with Gasteiger partial charge in [-0.15, -0.1) is 0 Å². The number of pyridine rings is 1. The van der Waals surface area contributed by atoms with Crippen molar-refractivity contribution in [2.45, 2.75) is 26.7 Å². The molecule has 0 spiro atoms. The van der Waals surface area contributed by atoms with E-state index >= 15 is 0 Å². The van der Waals surface area contributed by atoms with Gasteiger partial charge in [-0.2, -0.15) is 5.10 Å². The van der Waals surface area contributed by atoms with E-state index in [0.717, 1.165) is 35.4 Å². The lowest BCUT2D eigenvalue weighted by Gasteiger charge is -2.05. The molecule has 0 saturated heterocycles. The zero-order valence-corrected chi connectivity index (χ0v) is 11.3. The topological polar surface area (TPSA) is 68.0 Å². The summed E-state index contributed by atoms with van der Waals surface area (Å²) in [5, 5.41) is 13.5. The number of aromatic carboxylic acids is 1. The number of aromatic nitrogens is 3. The first-order valence-electron chi connectivity index (χ1n) is 6.31. The van der Waals surface area contributed by atoms with Crippen molar-refractivity contribution in [2.24, 2.45) is 7.05 Å². The van der Waals surface area contributed by atoms with E-state index in [1.807, 2.05) is 18.7 Å². The molecule has 0 atom stereocenters. The zero-order chi connectivity index (χ0) is 14.0. The first-order chi connectivity index (χ1) is 9.08. The summed E-state index contributed by atoms with van der Waals surface area (Å²) in [7, 11) is 1.91. The maximum absolute atomic E-state index is 11.0. The highest BCUT2D eigenvalue weighted by atomic mass is 16.4. The van der Waals surface area contributed by atoms with Gasteiger partial charge in [0, 0.05) is 36.3 Å². The summed E-state index contributed by atoms with van der Waals surface area (Å²) >= 11 is 0. The minimum absolute atomic E-state index is 0.199. The van der Waals surface area contributed by atoms with Crippen molar-refractivity contribution < 1.29 is 9.90 Å². The highest BCUT2D eigenvalue weighted by Gasteiger charge is 2.16. The fourth-order valence-electron chi connectivity index (χ4n) is 2.30. The Bertz CT molecular complexity index is 617. The highest BCUT2D eigenvalue weighted by molar-refractivity contribution is 5.89. The number of carboxylic acid groups (broad SMARTS) is 1. The molecule has 0 bridgehead atoms. The normalized spacial score (nSPS) is 10.7. The quantitative estimate of drug-likeness (QED) is 0.914. The maximum Gasteiger partial charge on any atom is 0.337 e. The van der Waals surface area contributed by atoms with Gasteiger partial charge in [0.05, 0.1) is 11.3 Å². The fraction of sp³-hybridized carbons (Fsp3) is 0.357. The largest absolute Gasteiger partial charge is 0.478 e. The SMILES string of the molecule is CCc1nn(C)c(CC)c1-c1cncc(C(=O)O)c1. The molecular weight excluding hydrogens is 242 g/mol.